The first kappa shape index (κ1) is 28.6. The van der Waals surface area contributed by atoms with Gasteiger partial charge in [0.1, 0.15) is 24.4 Å². The van der Waals surface area contributed by atoms with Gasteiger partial charge in [0.25, 0.3) is 0 Å². The monoisotopic (exact) mass is 442 g/mol. The van der Waals surface area contributed by atoms with Crippen molar-refractivity contribution in [2.45, 2.75) is 134 Å². The van der Waals surface area contributed by atoms with E-state index < -0.39 is 24.4 Å². The lowest BCUT2D eigenvalue weighted by Gasteiger charge is -2.37. The van der Waals surface area contributed by atoms with Crippen LogP contribution < -0.4 is 0 Å². The number of rotatable bonds is 20. The minimum atomic E-state index is -0.977. The summed E-state index contributed by atoms with van der Waals surface area (Å²) in [4.78, 5) is 0. The van der Waals surface area contributed by atoms with Gasteiger partial charge in [-0.2, -0.15) is 0 Å². The normalized spacial score (nSPS) is 24.3. The van der Waals surface area contributed by atoms with Gasteiger partial charge in [0.15, 0.2) is 0 Å². The van der Waals surface area contributed by atoms with Crippen molar-refractivity contribution in [3.05, 3.63) is 12.2 Å². The summed E-state index contributed by atoms with van der Waals surface area (Å²) in [5, 5.41) is 29.1. The molecule has 0 saturated carbocycles. The molecule has 1 fully saturated rings. The zero-order chi connectivity index (χ0) is 22.6. The van der Waals surface area contributed by atoms with Crippen LogP contribution in [0.15, 0.2) is 12.2 Å². The molecule has 0 radical (unpaired) electrons. The molecule has 184 valence electrons. The number of hydrogen-bond acceptors (Lipinski definition) is 5. The molecule has 3 N–H and O–H groups in total. The molecule has 1 saturated heterocycles. The quantitative estimate of drug-likeness (QED) is 0.176. The molecule has 5 heteroatoms. The Balaban J connectivity index is 1.84. The molecule has 0 aromatic rings. The number of unbranched alkanes of at least 4 members (excludes halogenated alkanes) is 14. The summed E-state index contributed by atoms with van der Waals surface area (Å²) < 4.78 is 10.9. The second-order valence-corrected chi connectivity index (χ2v) is 9.09. The molecule has 0 aliphatic carbocycles. The third kappa shape index (κ3) is 14.3. The van der Waals surface area contributed by atoms with Gasteiger partial charge in [-0.25, -0.2) is 0 Å². The van der Waals surface area contributed by atoms with Gasteiger partial charge in [0.05, 0.1) is 13.2 Å². The zero-order valence-corrected chi connectivity index (χ0v) is 20.1. The van der Waals surface area contributed by atoms with Gasteiger partial charge >= 0.3 is 0 Å². The second kappa shape index (κ2) is 20.2. The summed E-state index contributed by atoms with van der Waals surface area (Å²) in [5.41, 5.74) is 0. The highest BCUT2D eigenvalue weighted by Gasteiger charge is 2.38. The van der Waals surface area contributed by atoms with Crippen LogP contribution in [0, 0.1) is 0 Å². The maximum absolute atomic E-state index is 10.1. The first-order valence-corrected chi connectivity index (χ1v) is 13.1. The van der Waals surface area contributed by atoms with Gasteiger partial charge in [-0.15, -0.1) is 0 Å². The number of aliphatic hydroxyl groups excluding tert-OH is 3. The van der Waals surface area contributed by atoms with Gasteiger partial charge in [-0.05, 0) is 32.1 Å². The Labute approximate surface area is 191 Å². The Kier molecular flexibility index (Phi) is 18.6. The average Bonchev–Trinajstić information content (AvgIpc) is 2.77. The van der Waals surface area contributed by atoms with Crippen molar-refractivity contribution in [1.82, 2.24) is 0 Å². The molecule has 1 rings (SSSR count). The predicted molar refractivity (Wildman–Crippen MR) is 127 cm³/mol. The van der Waals surface area contributed by atoms with E-state index in [2.05, 4.69) is 19.1 Å². The molecule has 0 aromatic carbocycles. The van der Waals surface area contributed by atoms with Crippen LogP contribution in [-0.2, 0) is 9.47 Å². The average molecular weight is 443 g/mol. The van der Waals surface area contributed by atoms with Gasteiger partial charge in [-0.3, -0.25) is 0 Å². The van der Waals surface area contributed by atoms with Crippen LogP contribution in [-0.4, -0.2) is 59.6 Å². The highest BCUT2D eigenvalue weighted by Crippen LogP contribution is 2.19. The van der Waals surface area contributed by atoms with Crippen LogP contribution in [0.2, 0.25) is 0 Å². The maximum atomic E-state index is 10.1. The molecule has 0 spiro atoms. The van der Waals surface area contributed by atoms with E-state index in [0.717, 1.165) is 19.3 Å². The van der Waals surface area contributed by atoms with E-state index in [-0.39, 0.29) is 13.2 Å². The minimum Gasteiger partial charge on any atom is -0.394 e. The second-order valence-electron chi connectivity index (χ2n) is 9.09. The molecule has 31 heavy (non-hydrogen) atoms. The summed E-state index contributed by atoms with van der Waals surface area (Å²) in [6, 6.07) is 0. The Morgan fingerprint density at radius 3 is 1.84 bits per heavy atom. The number of aliphatic hydroxyl groups is 3. The Hall–Kier alpha value is -0.460. The highest BCUT2D eigenvalue weighted by atomic mass is 16.6. The lowest BCUT2D eigenvalue weighted by molar-refractivity contribution is -0.210. The third-order valence-electron chi connectivity index (χ3n) is 6.22. The van der Waals surface area contributed by atoms with Crippen molar-refractivity contribution >= 4 is 0 Å². The fourth-order valence-corrected chi connectivity index (χ4v) is 4.15. The fraction of sp³-hybridized carbons (Fsp3) is 0.923. The molecule has 1 aliphatic heterocycles. The zero-order valence-electron chi connectivity index (χ0n) is 20.1. The summed E-state index contributed by atoms with van der Waals surface area (Å²) in [5.74, 6) is 0. The van der Waals surface area contributed by atoms with Crippen LogP contribution in [0.1, 0.15) is 110 Å². The van der Waals surface area contributed by atoms with E-state index in [1.807, 2.05) is 0 Å². The number of allylic oxidation sites excluding steroid dienone is 2. The van der Waals surface area contributed by atoms with E-state index in [9.17, 15) is 15.3 Å². The maximum Gasteiger partial charge on any atom is 0.114 e. The van der Waals surface area contributed by atoms with Gasteiger partial charge in [-0.1, -0.05) is 89.7 Å². The van der Waals surface area contributed by atoms with Gasteiger partial charge in [0, 0.05) is 6.61 Å². The molecule has 1 heterocycles. The Bertz CT molecular complexity index is 415. The molecule has 5 nitrogen and oxygen atoms in total. The van der Waals surface area contributed by atoms with Crippen LogP contribution in [0.3, 0.4) is 0 Å². The largest absolute Gasteiger partial charge is 0.394 e. The van der Waals surface area contributed by atoms with Crippen molar-refractivity contribution < 1.29 is 24.8 Å². The summed E-state index contributed by atoms with van der Waals surface area (Å²) in [6.07, 6.45) is 22.2. The van der Waals surface area contributed by atoms with Crippen LogP contribution >= 0.6 is 0 Å². The van der Waals surface area contributed by atoms with Crippen LogP contribution in [0.4, 0.5) is 0 Å². The first-order valence-electron chi connectivity index (χ1n) is 13.1. The van der Waals surface area contributed by atoms with Gasteiger partial charge in [0.2, 0.25) is 0 Å². The van der Waals surface area contributed by atoms with Crippen molar-refractivity contribution in [1.29, 1.82) is 0 Å². The van der Waals surface area contributed by atoms with Crippen molar-refractivity contribution in [3.63, 3.8) is 0 Å². The molecule has 0 amide bonds. The van der Waals surface area contributed by atoms with Crippen molar-refractivity contribution in [2.75, 3.05) is 19.8 Å². The molecule has 4 atom stereocenters. The molecule has 0 bridgehead atoms. The highest BCUT2D eigenvalue weighted by molar-refractivity contribution is 4.87. The number of ether oxygens (including phenoxy) is 2. The van der Waals surface area contributed by atoms with E-state index in [1.54, 1.807) is 0 Å². The molecule has 0 unspecified atom stereocenters. The summed E-state index contributed by atoms with van der Waals surface area (Å²) in [6.45, 7) is 2.63. The van der Waals surface area contributed by atoms with Gasteiger partial charge < -0.3 is 24.8 Å². The van der Waals surface area contributed by atoms with Crippen molar-refractivity contribution in [3.8, 4) is 0 Å². The van der Waals surface area contributed by atoms with E-state index in [1.165, 1.54) is 83.5 Å². The lowest BCUT2D eigenvalue weighted by Crippen LogP contribution is -2.55. The summed E-state index contributed by atoms with van der Waals surface area (Å²) >= 11 is 0. The summed E-state index contributed by atoms with van der Waals surface area (Å²) in [7, 11) is 0. The third-order valence-corrected chi connectivity index (χ3v) is 6.22. The SMILES string of the molecule is CCCCCCCCCCCC/C=C/CCCCCCO[C@@H]1[C@@H](O)[C@H](CO)OC[C@H]1O. The Morgan fingerprint density at radius 2 is 1.29 bits per heavy atom. The first-order chi connectivity index (χ1) is 15.2. The Morgan fingerprint density at radius 1 is 0.774 bits per heavy atom. The van der Waals surface area contributed by atoms with E-state index in [0.29, 0.717) is 6.61 Å². The molecule has 0 aromatic heterocycles. The smallest absolute Gasteiger partial charge is 0.114 e. The fourth-order valence-electron chi connectivity index (χ4n) is 4.15. The van der Waals surface area contributed by atoms with E-state index in [4.69, 9.17) is 9.47 Å². The standard InChI is InChI=1S/C26H50O5/c1-2-3-4-5-6-7-8-9-10-11-12-13-14-15-16-17-18-19-20-30-26-23(28)22-31-24(21-27)25(26)29/h13-14,23-29H,2-12,15-22H2,1H3/b14-13+/t23-,24+,25+,26+/m1/s1. The van der Waals surface area contributed by atoms with E-state index >= 15 is 0 Å². The topological polar surface area (TPSA) is 79.2 Å². The minimum absolute atomic E-state index is 0.0956. The molecule has 1 aliphatic rings. The number of hydrogen-bond donors (Lipinski definition) is 3. The molecular weight excluding hydrogens is 392 g/mol. The lowest BCUT2D eigenvalue weighted by atomic mass is 10.0. The van der Waals surface area contributed by atoms with Crippen molar-refractivity contribution in [2.24, 2.45) is 0 Å². The predicted octanol–water partition coefficient (Wildman–Crippen LogP) is 5.30. The van der Waals surface area contributed by atoms with Crippen LogP contribution in [0.5, 0.6) is 0 Å². The van der Waals surface area contributed by atoms with Crippen LogP contribution in [0.25, 0.3) is 0 Å². The molecular formula is C26H50O5.